The molecule has 3 rings (SSSR count). The van der Waals surface area contributed by atoms with E-state index >= 15 is 0 Å². The number of imide groups is 1. The molecule has 2 aromatic rings. The topological polar surface area (TPSA) is 77.8 Å². The van der Waals surface area contributed by atoms with Crippen LogP contribution in [0.2, 0.25) is 0 Å². The molecule has 1 aliphatic rings. The fraction of sp³-hybridized carbons (Fsp3) is 0.200. The Labute approximate surface area is 115 Å². The van der Waals surface area contributed by atoms with Gasteiger partial charge in [0.2, 0.25) is 0 Å². The fourth-order valence-electron chi connectivity index (χ4n) is 2.60. The number of aliphatic hydroxyl groups excluding tert-OH is 2. The number of amides is 2. The Morgan fingerprint density at radius 3 is 1.85 bits per heavy atom. The molecule has 0 bridgehead atoms. The van der Waals surface area contributed by atoms with E-state index in [1.807, 2.05) is 12.1 Å². The van der Waals surface area contributed by atoms with E-state index in [0.717, 1.165) is 10.3 Å². The number of benzene rings is 2. The summed E-state index contributed by atoms with van der Waals surface area (Å²) in [4.78, 5) is 25.9. The highest BCUT2D eigenvalue weighted by Gasteiger charge is 2.36. The lowest BCUT2D eigenvalue weighted by molar-refractivity contribution is 0.0375. The van der Waals surface area contributed by atoms with Gasteiger partial charge in [-0.3, -0.25) is 14.5 Å². The molecule has 2 N–H and O–H groups in total. The van der Waals surface area contributed by atoms with E-state index in [4.69, 9.17) is 0 Å². The standard InChI is InChI=1S/C15H13NO4/c17-7-10(8-18)16-14(19)11-5-1-3-9-4-2-6-12(13(9)11)15(16)20/h1-6,10,17-18H,7-8H2. The van der Waals surface area contributed by atoms with Gasteiger partial charge >= 0.3 is 0 Å². The maximum atomic E-state index is 12.5. The molecule has 102 valence electrons. The van der Waals surface area contributed by atoms with Crippen molar-refractivity contribution in [2.24, 2.45) is 0 Å². The highest BCUT2D eigenvalue weighted by atomic mass is 16.3. The monoisotopic (exact) mass is 271 g/mol. The minimum absolute atomic E-state index is 0.421. The van der Waals surface area contributed by atoms with Gasteiger partial charge in [-0.2, -0.15) is 0 Å². The maximum Gasteiger partial charge on any atom is 0.261 e. The summed E-state index contributed by atoms with van der Waals surface area (Å²) in [6.45, 7) is -0.932. The molecule has 0 saturated heterocycles. The third kappa shape index (κ3) is 1.64. The molecule has 0 fully saturated rings. The van der Waals surface area contributed by atoms with E-state index in [1.165, 1.54) is 0 Å². The molecule has 20 heavy (non-hydrogen) atoms. The van der Waals surface area contributed by atoms with E-state index in [0.29, 0.717) is 16.5 Å². The molecule has 0 aromatic heterocycles. The number of nitrogens with zero attached hydrogens (tertiary/aromatic N) is 1. The van der Waals surface area contributed by atoms with Gasteiger partial charge in [-0.1, -0.05) is 24.3 Å². The van der Waals surface area contributed by atoms with Gasteiger partial charge < -0.3 is 10.2 Å². The molecule has 5 nitrogen and oxygen atoms in total. The van der Waals surface area contributed by atoms with Gasteiger partial charge in [-0.25, -0.2) is 0 Å². The molecular formula is C15H13NO4. The van der Waals surface area contributed by atoms with E-state index in [2.05, 4.69) is 0 Å². The van der Waals surface area contributed by atoms with Crippen molar-refractivity contribution >= 4 is 22.6 Å². The van der Waals surface area contributed by atoms with Crippen molar-refractivity contribution in [2.75, 3.05) is 13.2 Å². The van der Waals surface area contributed by atoms with Crippen LogP contribution in [0.4, 0.5) is 0 Å². The molecule has 2 amide bonds. The zero-order valence-corrected chi connectivity index (χ0v) is 10.6. The van der Waals surface area contributed by atoms with Gasteiger partial charge in [0.1, 0.15) is 0 Å². The van der Waals surface area contributed by atoms with Crippen LogP contribution in [0.1, 0.15) is 20.7 Å². The summed E-state index contributed by atoms with van der Waals surface area (Å²) in [6, 6.07) is 9.57. The lowest BCUT2D eigenvalue weighted by Gasteiger charge is -2.31. The first-order valence-electron chi connectivity index (χ1n) is 6.30. The summed E-state index contributed by atoms with van der Waals surface area (Å²) < 4.78 is 0. The van der Waals surface area contributed by atoms with Crippen LogP contribution in [0.25, 0.3) is 10.8 Å². The second kappa shape index (κ2) is 4.70. The Hall–Kier alpha value is -2.24. The second-order valence-electron chi connectivity index (χ2n) is 4.71. The van der Waals surface area contributed by atoms with Crippen molar-refractivity contribution in [2.45, 2.75) is 6.04 Å². The largest absolute Gasteiger partial charge is 0.394 e. The molecule has 0 spiro atoms. The molecule has 1 heterocycles. The predicted molar refractivity (Wildman–Crippen MR) is 72.4 cm³/mol. The van der Waals surface area contributed by atoms with Crippen LogP contribution >= 0.6 is 0 Å². The molecule has 0 aliphatic carbocycles. The molecular weight excluding hydrogens is 258 g/mol. The summed E-state index contributed by atoms with van der Waals surface area (Å²) in [6.07, 6.45) is 0. The summed E-state index contributed by atoms with van der Waals surface area (Å²) in [5.41, 5.74) is 0.842. The quantitative estimate of drug-likeness (QED) is 0.809. The van der Waals surface area contributed by atoms with Crippen molar-refractivity contribution < 1.29 is 19.8 Å². The normalized spacial score (nSPS) is 14.4. The highest BCUT2D eigenvalue weighted by Crippen LogP contribution is 2.30. The van der Waals surface area contributed by atoms with Gasteiger partial charge in [0.15, 0.2) is 0 Å². The van der Waals surface area contributed by atoms with Crippen LogP contribution in [-0.2, 0) is 0 Å². The minimum atomic E-state index is -0.918. The van der Waals surface area contributed by atoms with Gasteiger partial charge in [-0.05, 0) is 17.5 Å². The van der Waals surface area contributed by atoms with Crippen molar-refractivity contribution in [1.29, 1.82) is 0 Å². The maximum absolute atomic E-state index is 12.5. The third-order valence-electron chi connectivity index (χ3n) is 3.59. The first kappa shape index (κ1) is 12.8. The van der Waals surface area contributed by atoms with Crippen molar-refractivity contribution in [3.63, 3.8) is 0 Å². The third-order valence-corrected chi connectivity index (χ3v) is 3.59. The fourth-order valence-corrected chi connectivity index (χ4v) is 2.60. The van der Waals surface area contributed by atoms with Crippen LogP contribution in [-0.4, -0.2) is 46.2 Å². The SMILES string of the molecule is O=C1c2cccc3cccc(c23)C(=O)N1C(CO)CO. The van der Waals surface area contributed by atoms with Crippen molar-refractivity contribution in [3.05, 3.63) is 47.5 Å². The molecule has 0 radical (unpaired) electrons. The number of carbonyl (C=O) groups is 2. The molecule has 0 atom stereocenters. The number of aliphatic hydroxyl groups is 2. The summed E-state index contributed by atoms with van der Waals surface area (Å²) >= 11 is 0. The molecule has 0 unspecified atom stereocenters. The Kier molecular flexibility index (Phi) is 3.00. The smallest absolute Gasteiger partial charge is 0.261 e. The van der Waals surface area contributed by atoms with Crippen LogP contribution in [0.3, 0.4) is 0 Å². The zero-order chi connectivity index (χ0) is 14.3. The lowest BCUT2D eigenvalue weighted by Crippen LogP contribution is -2.50. The molecule has 2 aromatic carbocycles. The molecule has 1 aliphatic heterocycles. The predicted octanol–water partition coefficient (Wildman–Crippen LogP) is 0.789. The zero-order valence-electron chi connectivity index (χ0n) is 10.6. The summed E-state index contributed by atoms with van der Waals surface area (Å²) in [5.74, 6) is -0.959. The molecule has 0 saturated carbocycles. The summed E-state index contributed by atoms with van der Waals surface area (Å²) in [5, 5.41) is 20.0. The Morgan fingerprint density at radius 2 is 1.40 bits per heavy atom. The lowest BCUT2D eigenvalue weighted by atomic mass is 9.93. The van der Waals surface area contributed by atoms with Gasteiger partial charge in [0.25, 0.3) is 11.8 Å². The van der Waals surface area contributed by atoms with Crippen molar-refractivity contribution in [3.8, 4) is 0 Å². The Balaban J connectivity index is 2.26. The Morgan fingerprint density at radius 1 is 0.900 bits per heavy atom. The number of carbonyl (C=O) groups excluding carboxylic acids is 2. The number of hydrogen-bond acceptors (Lipinski definition) is 4. The van der Waals surface area contributed by atoms with Crippen LogP contribution in [0.5, 0.6) is 0 Å². The molecule has 5 heteroatoms. The van der Waals surface area contributed by atoms with Crippen LogP contribution < -0.4 is 0 Å². The minimum Gasteiger partial charge on any atom is -0.394 e. The van der Waals surface area contributed by atoms with E-state index in [-0.39, 0.29) is 0 Å². The van der Waals surface area contributed by atoms with Crippen molar-refractivity contribution in [1.82, 2.24) is 4.90 Å². The van der Waals surface area contributed by atoms with Crippen LogP contribution in [0, 0.1) is 0 Å². The second-order valence-corrected chi connectivity index (χ2v) is 4.71. The van der Waals surface area contributed by atoms with Crippen LogP contribution in [0.15, 0.2) is 36.4 Å². The van der Waals surface area contributed by atoms with E-state index < -0.39 is 31.1 Å². The average molecular weight is 271 g/mol. The average Bonchev–Trinajstić information content (AvgIpc) is 2.49. The van der Waals surface area contributed by atoms with Gasteiger partial charge in [0.05, 0.1) is 19.3 Å². The number of rotatable bonds is 3. The van der Waals surface area contributed by atoms with Gasteiger partial charge in [0, 0.05) is 16.5 Å². The Bertz CT molecular complexity index is 655. The van der Waals surface area contributed by atoms with E-state index in [9.17, 15) is 19.8 Å². The first-order valence-corrected chi connectivity index (χ1v) is 6.30. The number of hydrogen-bond donors (Lipinski definition) is 2. The summed E-state index contributed by atoms with van der Waals surface area (Å²) in [7, 11) is 0. The van der Waals surface area contributed by atoms with Gasteiger partial charge in [-0.15, -0.1) is 0 Å². The van der Waals surface area contributed by atoms with E-state index in [1.54, 1.807) is 24.3 Å². The first-order chi connectivity index (χ1) is 9.69. The highest BCUT2D eigenvalue weighted by molar-refractivity contribution is 6.25.